The Labute approximate surface area is 208 Å². The Morgan fingerprint density at radius 1 is 0.886 bits per heavy atom. The van der Waals surface area contributed by atoms with Gasteiger partial charge in [-0.3, -0.25) is 9.69 Å². The van der Waals surface area contributed by atoms with Gasteiger partial charge in [0, 0.05) is 0 Å². The zero-order chi connectivity index (χ0) is 24.0. The van der Waals surface area contributed by atoms with Gasteiger partial charge in [-0.1, -0.05) is 78.9 Å². The largest absolute Gasteiger partial charge is 0.467 e. The average Bonchev–Trinajstić information content (AvgIpc) is 3.51. The standard InChI is InChI=1S/C29H23N3O2S/c1-21-8-5-6-11-25(21)18-27-28(33)32(20-26-12-7-17-34-26)29(35-27)31-30-19-22-13-15-24(16-14-22)23-9-3-2-4-10-23/h2-19H,20H2,1H3/b27-18-,30-19-,31-29+. The Balaban J connectivity index is 1.38. The predicted octanol–water partition coefficient (Wildman–Crippen LogP) is 6.76. The zero-order valence-electron chi connectivity index (χ0n) is 19.2. The molecule has 5 rings (SSSR count). The van der Waals surface area contributed by atoms with Crippen molar-refractivity contribution < 1.29 is 9.21 Å². The van der Waals surface area contributed by atoms with E-state index in [2.05, 4.69) is 34.5 Å². The van der Waals surface area contributed by atoms with Crippen LogP contribution in [0.3, 0.4) is 0 Å². The molecule has 0 radical (unpaired) electrons. The van der Waals surface area contributed by atoms with Gasteiger partial charge in [0.2, 0.25) is 0 Å². The fourth-order valence-electron chi connectivity index (χ4n) is 3.71. The molecule has 0 saturated carbocycles. The zero-order valence-corrected chi connectivity index (χ0v) is 20.0. The van der Waals surface area contributed by atoms with E-state index in [0.717, 1.165) is 22.3 Å². The third-order valence-electron chi connectivity index (χ3n) is 5.63. The summed E-state index contributed by atoms with van der Waals surface area (Å²) in [6, 6.07) is 30.0. The summed E-state index contributed by atoms with van der Waals surface area (Å²) < 4.78 is 5.47. The van der Waals surface area contributed by atoms with Crippen LogP contribution < -0.4 is 0 Å². The van der Waals surface area contributed by atoms with Gasteiger partial charge < -0.3 is 4.42 Å². The SMILES string of the molecule is Cc1ccccc1/C=C1\S/C(=N/N=C\c2ccc(-c3ccccc3)cc2)N(Cc2ccco2)C1=O. The molecule has 1 fully saturated rings. The first-order chi connectivity index (χ1) is 17.2. The van der Waals surface area contributed by atoms with Crippen molar-refractivity contribution in [1.29, 1.82) is 0 Å². The van der Waals surface area contributed by atoms with Crippen LogP contribution in [0.5, 0.6) is 0 Å². The minimum atomic E-state index is -0.115. The smallest absolute Gasteiger partial charge is 0.267 e. The molecular formula is C29H23N3O2S. The topological polar surface area (TPSA) is 58.2 Å². The second-order valence-electron chi connectivity index (χ2n) is 8.05. The Kier molecular flexibility index (Phi) is 6.73. The number of thioether (sulfide) groups is 1. The summed E-state index contributed by atoms with van der Waals surface area (Å²) in [5.41, 5.74) is 5.34. The Morgan fingerprint density at radius 3 is 2.37 bits per heavy atom. The summed E-state index contributed by atoms with van der Waals surface area (Å²) in [7, 11) is 0. The van der Waals surface area contributed by atoms with Gasteiger partial charge in [-0.15, -0.1) is 5.10 Å². The number of amidine groups is 1. The van der Waals surface area contributed by atoms with E-state index in [1.165, 1.54) is 17.3 Å². The second-order valence-corrected chi connectivity index (χ2v) is 9.06. The van der Waals surface area contributed by atoms with E-state index >= 15 is 0 Å². The quantitative estimate of drug-likeness (QED) is 0.175. The molecule has 0 spiro atoms. The molecule has 1 amide bonds. The maximum absolute atomic E-state index is 13.2. The van der Waals surface area contributed by atoms with Gasteiger partial charge in [0.05, 0.1) is 23.9 Å². The van der Waals surface area contributed by atoms with Crippen molar-refractivity contribution in [1.82, 2.24) is 4.90 Å². The second kappa shape index (κ2) is 10.4. The summed E-state index contributed by atoms with van der Waals surface area (Å²) in [5, 5.41) is 9.20. The fourth-order valence-corrected chi connectivity index (χ4v) is 4.63. The summed E-state index contributed by atoms with van der Waals surface area (Å²) in [6.07, 6.45) is 5.20. The van der Waals surface area contributed by atoms with Gasteiger partial charge in [-0.2, -0.15) is 5.10 Å². The van der Waals surface area contributed by atoms with Crippen LogP contribution in [-0.4, -0.2) is 22.2 Å². The van der Waals surface area contributed by atoms with E-state index in [1.807, 2.05) is 73.7 Å². The highest BCUT2D eigenvalue weighted by Crippen LogP contribution is 2.34. The lowest BCUT2D eigenvalue weighted by Crippen LogP contribution is -2.28. The van der Waals surface area contributed by atoms with Gasteiger partial charge in [-0.25, -0.2) is 0 Å². The minimum Gasteiger partial charge on any atom is -0.467 e. The maximum Gasteiger partial charge on any atom is 0.267 e. The normalized spacial score (nSPS) is 16.1. The number of hydrogen-bond acceptors (Lipinski definition) is 5. The molecule has 1 aliphatic heterocycles. The lowest BCUT2D eigenvalue weighted by Gasteiger charge is -2.12. The van der Waals surface area contributed by atoms with Crippen molar-refractivity contribution >= 4 is 35.1 Å². The number of carbonyl (C=O) groups is 1. The van der Waals surface area contributed by atoms with E-state index in [9.17, 15) is 4.79 Å². The van der Waals surface area contributed by atoms with Crippen LogP contribution >= 0.6 is 11.8 Å². The van der Waals surface area contributed by atoms with E-state index < -0.39 is 0 Å². The molecule has 0 aliphatic carbocycles. The molecule has 4 aromatic rings. The van der Waals surface area contributed by atoms with E-state index in [1.54, 1.807) is 23.4 Å². The molecule has 0 unspecified atom stereocenters. The van der Waals surface area contributed by atoms with E-state index in [0.29, 0.717) is 22.4 Å². The molecule has 0 N–H and O–H groups in total. The van der Waals surface area contributed by atoms with Crippen LogP contribution in [0.25, 0.3) is 17.2 Å². The number of hydrogen-bond donors (Lipinski definition) is 0. The Bertz CT molecular complexity index is 1410. The van der Waals surface area contributed by atoms with Crippen LogP contribution in [0.1, 0.15) is 22.5 Å². The number of amides is 1. The van der Waals surface area contributed by atoms with Crippen molar-refractivity contribution in [3.8, 4) is 11.1 Å². The number of benzene rings is 3. The highest BCUT2D eigenvalue weighted by molar-refractivity contribution is 8.18. The first kappa shape index (κ1) is 22.6. The molecule has 2 heterocycles. The van der Waals surface area contributed by atoms with Gasteiger partial charge in [0.15, 0.2) is 5.17 Å². The molecule has 3 aromatic carbocycles. The predicted molar refractivity (Wildman–Crippen MR) is 143 cm³/mol. The van der Waals surface area contributed by atoms with Crippen LogP contribution in [0, 0.1) is 6.92 Å². The number of aryl methyl sites for hydroxylation is 1. The van der Waals surface area contributed by atoms with Crippen LogP contribution in [0.15, 0.2) is 117 Å². The van der Waals surface area contributed by atoms with E-state index in [-0.39, 0.29) is 5.91 Å². The minimum absolute atomic E-state index is 0.115. The number of rotatable bonds is 6. The average molecular weight is 478 g/mol. The first-order valence-corrected chi connectivity index (χ1v) is 12.0. The molecule has 1 aromatic heterocycles. The highest BCUT2D eigenvalue weighted by Gasteiger charge is 2.34. The van der Waals surface area contributed by atoms with Crippen molar-refractivity contribution in [2.75, 3.05) is 0 Å². The molecular weight excluding hydrogens is 454 g/mol. The Morgan fingerprint density at radius 2 is 1.63 bits per heavy atom. The molecule has 1 saturated heterocycles. The van der Waals surface area contributed by atoms with Gasteiger partial charge >= 0.3 is 0 Å². The first-order valence-electron chi connectivity index (χ1n) is 11.2. The van der Waals surface area contributed by atoms with Crippen LogP contribution in [0.2, 0.25) is 0 Å². The van der Waals surface area contributed by atoms with Crippen LogP contribution in [0.4, 0.5) is 0 Å². The van der Waals surface area contributed by atoms with E-state index in [4.69, 9.17) is 4.42 Å². The van der Waals surface area contributed by atoms with Crippen molar-refractivity contribution in [3.05, 3.63) is 125 Å². The third kappa shape index (κ3) is 5.34. The molecule has 1 aliphatic rings. The molecule has 5 nitrogen and oxygen atoms in total. The van der Waals surface area contributed by atoms with Crippen molar-refractivity contribution in [2.24, 2.45) is 10.2 Å². The monoisotopic (exact) mass is 477 g/mol. The summed E-state index contributed by atoms with van der Waals surface area (Å²) in [4.78, 5) is 15.4. The summed E-state index contributed by atoms with van der Waals surface area (Å²) in [6.45, 7) is 2.32. The lowest BCUT2D eigenvalue weighted by molar-refractivity contribution is -0.122. The van der Waals surface area contributed by atoms with Crippen molar-refractivity contribution in [2.45, 2.75) is 13.5 Å². The number of furan rings is 1. The highest BCUT2D eigenvalue weighted by atomic mass is 32.2. The molecule has 172 valence electrons. The number of carbonyl (C=O) groups excluding carboxylic acids is 1. The fraction of sp³-hybridized carbons (Fsp3) is 0.0690. The number of nitrogens with zero attached hydrogens (tertiary/aromatic N) is 3. The van der Waals surface area contributed by atoms with Gasteiger partial charge in [-0.05, 0) is 64.7 Å². The lowest BCUT2D eigenvalue weighted by atomic mass is 10.0. The van der Waals surface area contributed by atoms with Crippen molar-refractivity contribution in [3.63, 3.8) is 0 Å². The van der Waals surface area contributed by atoms with Crippen LogP contribution in [-0.2, 0) is 11.3 Å². The maximum atomic E-state index is 13.2. The summed E-state index contributed by atoms with van der Waals surface area (Å²) in [5.74, 6) is 0.570. The molecule has 0 bridgehead atoms. The van der Waals surface area contributed by atoms with Gasteiger partial charge in [0.1, 0.15) is 5.76 Å². The Hall–Kier alpha value is -4.16. The van der Waals surface area contributed by atoms with Gasteiger partial charge in [0.25, 0.3) is 5.91 Å². The third-order valence-corrected chi connectivity index (χ3v) is 6.62. The molecule has 35 heavy (non-hydrogen) atoms. The molecule has 0 atom stereocenters. The molecule has 6 heteroatoms. The summed E-state index contributed by atoms with van der Waals surface area (Å²) >= 11 is 1.32.